The summed E-state index contributed by atoms with van der Waals surface area (Å²) in [6, 6.07) is 5.89. The quantitative estimate of drug-likeness (QED) is 0.458. The summed E-state index contributed by atoms with van der Waals surface area (Å²) in [5.41, 5.74) is 1.01. The summed E-state index contributed by atoms with van der Waals surface area (Å²) >= 11 is 1.86. The van der Waals surface area contributed by atoms with Gasteiger partial charge < -0.3 is 10.6 Å². The van der Waals surface area contributed by atoms with E-state index >= 15 is 0 Å². The standard InChI is InChI=1S/C12H20N4S/c1-13-12(15-8-5-9-17-2)16-10-11-6-3-4-7-14-11/h3-4,6-7H,5,8-10H2,1-2H3,(H2,13,15,16). The fourth-order valence-electron chi connectivity index (χ4n) is 1.32. The molecule has 0 bridgehead atoms. The maximum absolute atomic E-state index is 4.25. The van der Waals surface area contributed by atoms with Crippen molar-refractivity contribution in [3.05, 3.63) is 30.1 Å². The summed E-state index contributed by atoms with van der Waals surface area (Å²) < 4.78 is 0. The zero-order chi connectivity index (χ0) is 12.3. The average Bonchev–Trinajstić information content (AvgIpc) is 2.39. The SMILES string of the molecule is CN=C(NCCCSC)NCc1ccccn1. The second-order valence-corrected chi connectivity index (χ2v) is 4.51. The van der Waals surface area contributed by atoms with Crippen LogP contribution >= 0.6 is 11.8 Å². The Hall–Kier alpha value is -1.23. The molecule has 0 saturated heterocycles. The van der Waals surface area contributed by atoms with Crippen LogP contribution in [0.4, 0.5) is 0 Å². The van der Waals surface area contributed by atoms with Crippen LogP contribution in [-0.2, 0) is 6.54 Å². The van der Waals surface area contributed by atoms with E-state index in [4.69, 9.17) is 0 Å². The van der Waals surface area contributed by atoms with Gasteiger partial charge in [-0.3, -0.25) is 9.98 Å². The molecule has 0 amide bonds. The van der Waals surface area contributed by atoms with Gasteiger partial charge in [0.15, 0.2) is 5.96 Å². The van der Waals surface area contributed by atoms with E-state index < -0.39 is 0 Å². The number of hydrogen-bond donors (Lipinski definition) is 2. The van der Waals surface area contributed by atoms with E-state index in [1.807, 2.05) is 30.0 Å². The molecule has 4 nitrogen and oxygen atoms in total. The third kappa shape index (κ3) is 6.16. The summed E-state index contributed by atoms with van der Waals surface area (Å²) in [5.74, 6) is 2.00. The lowest BCUT2D eigenvalue weighted by Gasteiger charge is -2.11. The Labute approximate surface area is 107 Å². The Balaban J connectivity index is 2.24. The van der Waals surface area contributed by atoms with Crippen molar-refractivity contribution in [2.24, 2.45) is 4.99 Å². The van der Waals surface area contributed by atoms with Crippen LogP contribution in [0.25, 0.3) is 0 Å². The van der Waals surface area contributed by atoms with Crippen LogP contribution in [-0.4, -0.2) is 36.5 Å². The fourth-order valence-corrected chi connectivity index (χ4v) is 1.75. The maximum Gasteiger partial charge on any atom is 0.191 e. The lowest BCUT2D eigenvalue weighted by molar-refractivity contribution is 0.776. The lowest BCUT2D eigenvalue weighted by Crippen LogP contribution is -2.37. The third-order valence-corrected chi connectivity index (χ3v) is 2.90. The Morgan fingerprint density at radius 2 is 2.29 bits per heavy atom. The van der Waals surface area contributed by atoms with Crippen LogP contribution in [0.15, 0.2) is 29.4 Å². The molecule has 1 heterocycles. The molecule has 17 heavy (non-hydrogen) atoms. The first-order chi connectivity index (χ1) is 8.36. The number of rotatable bonds is 6. The molecule has 0 spiro atoms. The molecule has 1 rings (SSSR count). The topological polar surface area (TPSA) is 49.3 Å². The Morgan fingerprint density at radius 1 is 1.41 bits per heavy atom. The largest absolute Gasteiger partial charge is 0.356 e. The molecule has 0 saturated carbocycles. The van der Waals surface area contributed by atoms with Crippen molar-refractivity contribution in [1.82, 2.24) is 15.6 Å². The second-order valence-electron chi connectivity index (χ2n) is 3.52. The molecule has 0 atom stereocenters. The van der Waals surface area contributed by atoms with Gasteiger partial charge in [0.1, 0.15) is 0 Å². The van der Waals surface area contributed by atoms with Crippen molar-refractivity contribution in [2.75, 3.05) is 25.6 Å². The molecular formula is C12H20N4S. The Bertz CT molecular complexity index is 327. The number of thioether (sulfide) groups is 1. The van der Waals surface area contributed by atoms with Crippen molar-refractivity contribution < 1.29 is 0 Å². The van der Waals surface area contributed by atoms with Crippen LogP contribution in [0.2, 0.25) is 0 Å². The first-order valence-electron chi connectivity index (χ1n) is 5.70. The van der Waals surface area contributed by atoms with E-state index in [0.717, 1.165) is 24.6 Å². The van der Waals surface area contributed by atoms with Crippen molar-refractivity contribution in [2.45, 2.75) is 13.0 Å². The highest BCUT2D eigenvalue weighted by Crippen LogP contribution is 1.94. The molecule has 0 unspecified atom stereocenters. The predicted molar refractivity (Wildman–Crippen MR) is 75.4 cm³/mol. The van der Waals surface area contributed by atoms with Crippen LogP contribution in [0, 0.1) is 0 Å². The Morgan fingerprint density at radius 3 is 2.94 bits per heavy atom. The number of aliphatic imine (C=N–C) groups is 1. The summed E-state index contributed by atoms with van der Waals surface area (Å²) in [5, 5.41) is 6.50. The van der Waals surface area contributed by atoms with Crippen LogP contribution in [0.5, 0.6) is 0 Å². The lowest BCUT2D eigenvalue weighted by atomic mass is 10.3. The maximum atomic E-state index is 4.25. The molecule has 1 aromatic rings. The van der Waals surface area contributed by atoms with Gasteiger partial charge in [-0.05, 0) is 30.6 Å². The van der Waals surface area contributed by atoms with Gasteiger partial charge in [0.25, 0.3) is 0 Å². The van der Waals surface area contributed by atoms with E-state index in [-0.39, 0.29) is 0 Å². The molecule has 2 N–H and O–H groups in total. The molecule has 0 radical (unpaired) electrons. The highest BCUT2D eigenvalue weighted by atomic mass is 32.2. The highest BCUT2D eigenvalue weighted by Gasteiger charge is 1.97. The molecule has 0 aliphatic heterocycles. The average molecular weight is 252 g/mol. The van der Waals surface area contributed by atoms with Crippen LogP contribution in [0.3, 0.4) is 0 Å². The normalized spacial score (nSPS) is 11.3. The monoisotopic (exact) mass is 252 g/mol. The number of nitrogens with one attached hydrogen (secondary N) is 2. The minimum Gasteiger partial charge on any atom is -0.356 e. The molecule has 0 aliphatic carbocycles. The zero-order valence-electron chi connectivity index (χ0n) is 10.4. The van der Waals surface area contributed by atoms with E-state index in [1.54, 1.807) is 13.2 Å². The van der Waals surface area contributed by atoms with Crippen molar-refractivity contribution in [3.63, 3.8) is 0 Å². The Kier molecular flexibility index (Phi) is 7.22. The van der Waals surface area contributed by atoms with Gasteiger partial charge in [-0.1, -0.05) is 6.07 Å². The summed E-state index contributed by atoms with van der Waals surface area (Å²) in [6.07, 6.45) is 5.06. The van der Waals surface area contributed by atoms with Gasteiger partial charge in [0.2, 0.25) is 0 Å². The van der Waals surface area contributed by atoms with Gasteiger partial charge in [0, 0.05) is 19.8 Å². The van der Waals surface area contributed by atoms with E-state index in [0.29, 0.717) is 6.54 Å². The molecular weight excluding hydrogens is 232 g/mol. The van der Waals surface area contributed by atoms with Gasteiger partial charge in [-0.25, -0.2) is 0 Å². The van der Waals surface area contributed by atoms with Gasteiger partial charge in [0.05, 0.1) is 12.2 Å². The van der Waals surface area contributed by atoms with Gasteiger partial charge in [-0.15, -0.1) is 0 Å². The van der Waals surface area contributed by atoms with Crippen molar-refractivity contribution in [1.29, 1.82) is 0 Å². The number of aromatic nitrogens is 1. The molecule has 1 aromatic heterocycles. The number of pyridine rings is 1. The molecule has 0 aromatic carbocycles. The molecule has 5 heteroatoms. The van der Waals surface area contributed by atoms with Gasteiger partial charge >= 0.3 is 0 Å². The fraction of sp³-hybridized carbons (Fsp3) is 0.500. The summed E-state index contributed by atoms with van der Waals surface area (Å²) in [7, 11) is 1.78. The zero-order valence-corrected chi connectivity index (χ0v) is 11.3. The molecule has 0 fully saturated rings. The number of hydrogen-bond acceptors (Lipinski definition) is 3. The number of guanidine groups is 1. The molecule has 94 valence electrons. The van der Waals surface area contributed by atoms with Crippen LogP contribution < -0.4 is 10.6 Å². The van der Waals surface area contributed by atoms with Crippen LogP contribution in [0.1, 0.15) is 12.1 Å². The smallest absolute Gasteiger partial charge is 0.191 e. The van der Waals surface area contributed by atoms with E-state index in [1.165, 1.54) is 5.75 Å². The van der Waals surface area contributed by atoms with Gasteiger partial charge in [-0.2, -0.15) is 11.8 Å². The summed E-state index contributed by atoms with van der Waals surface area (Å²) in [4.78, 5) is 8.41. The second kappa shape index (κ2) is 8.87. The third-order valence-electron chi connectivity index (χ3n) is 2.20. The highest BCUT2D eigenvalue weighted by molar-refractivity contribution is 7.98. The first-order valence-corrected chi connectivity index (χ1v) is 7.09. The minimum atomic E-state index is 0.697. The van der Waals surface area contributed by atoms with Crippen molar-refractivity contribution in [3.8, 4) is 0 Å². The van der Waals surface area contributed by atoms with E-state index in [9.17, 15) is 0 Å². The summed E-state index contributed by atoms with van der Waals surface area (Å²) in [6.45, 7) is 1.64. The van der Waals surface area contributed by atoms with Crippen molar-refractivity contribution >= 4 is 17.7 Å². The van der Waals surface area contributed by atoms with E-state index in [2.05, 4.69) is 26.9 Å². The number of nitrogens with zero attached hydrogens (tertiary/aromatic N) is 2. The first kappa shape index (κ1) is 13.8. The predicted octanol–water partition coefficient (Wildman–Crippen LogP) is 1.50. The molecule has 0 aliphatic rings. The minimum absolute atomic E-state index is 0.697.